The van der Waals surface area contributed by atoms with E-state index in [9.17, 15) is 14.4 Å². The zero-order chi connectivity index (χ0) is 46.5. The second-order valence-corrected chi connectivity index (χ2v) is 17.4. The number of allylic oxidation sites excluding steroid dienone is 14. The first-order valence-corrected chi connectivity index (χ1v) is 26.6. The Labute approximate surface area is 395 Å². The third-order valence-electron chi connectivity index (χ3n) is 11.1. The first kappa shape index (κ1) is 60.6. The average molecular weight is 891 g/mol. The van der Waals surface area contributed by atoms with Crippen LogP contribution in [0.2, 0.25) is 0 Å². The number of carbonyl (C=O) groups is 3. The molecule has 0 aromatic rings. The SMILES string of the molecule is CC/C=C\C/C=C\C/C=C\C/C=C\CCCCCCC(=O)OCC(COC(=O)CCCCC/C=C\C/C=C\C/C=C\CC)OC(=O)CCCCCCCCCCCCCCCCCC. The van der Waals surface area contributed by atoms with Crippen LogP contribution in [0.5, 0.6) is 0 Å². The van der Waals surface area contributed by atoms with Gasteiger partial charge in [0.1, 0.15) is 13.2 Å². The molecule has 6 nitrogen and oxygen atoms in total. The number of hydrogen-bond donors (Lipinski definition) is 0. The summed E-state index contributed by atoms with van der Waals surface area (Å²) >= 11 is 0. The van der Waals surface area contributed by atoms with Crippen molar-refractivity contribution in [3.05, 3.63) is 85.1 Å². The van der Waals surface area contributed by atoms with Gasteiger partial charge in [0.05, 0.1) is 0 Å². The van der Waals surface area contributed by atoms with Crippen LogP contribution in [0.3, 0.4) is 0 Å². The van der Waals surface area contributed by atoms with Crippen molar-refractivity contribution in [1.29, 1.82) is 0 Å². The van der Waals surface area contributed by atoms with Gasteiger partial charge in [-0.3, -0.25) is 14.4 Å². The van der Waals surface area contributed by atoms with Gasteiger partial charge in [0.15, 0.2) is 6.10 Å². The molecule has 6 heteroatoms. The standard InChI is InChI=1S/C58H98O6/c1-4-7-10-13-16-19-22-25-27-29-31-33-36-39-42-45-48-51-57(60)63-54-55(53-62-56(59)50-47-44-41-38-35-32-24-21-18-15-12-9-6-3)64-58(61)52-49-46-43-40-37-34-30-28-26-23-20-17-14-11-8-5-2/h7,9-10,12,16,18-19,21,25,27,31-33,35,55H,4-6,8,11,13-15,17,20,22-24,26,28-30,34,36-54H2,1-3H3/b10-7-,12-9-,19-16-,21-18-,27-25-,33-31-,35-32-. The van der Waals surface area contributed by atoms with Crippen LogP contribution in [0.4, 0.5) is 0 Å². The largest absolute Gasteiger partial charge is 0.462 e. The van der Waals surface area contributed by atoms with E-state index in [-0.39, 0.29) is 31.1 Å². The highest BCUT2D eigenvalue weighted by molar-refractivity contribution is 5.71. The van der Waals surface area contributed by atoms with Gasteiger partial charge >= 0.3 is 17.9 Å². The van der Waals surface area contributed by atoms with E-state index in [2.05, 4.69) is 106 Å². The van der Waals surface area contributed by atoms with Crippen molar-refractivity contribution in [2.75, 3.05) is 13.2 Å². The second-order valence-electron chi connectivity index (χ2n) is 17.4. The van der Waals surface area contributed by atoms with Crippen molar-refractivity contribution in [2.45, 2.75) is 252 Å². The summed E-state index contributed by atoms with van der Waals surface area (Å²) in [5, 5.41) is 0. The van der Waals surface area contributed by atoms with E-state index in [1.165, 1.54) is 83.5 Å². The number of rotatable bonds is 47. The summed E-state index contributed by atoms with van der Waals surface area (Å²) in [6.45, 7) is 6.37. The van der Waals surface area contributed by atoms with Gasteiger partial charge in [-0.15, -0.1) is 0 Å². The van der Waals surface area contributed by atoms with Gasteiger partial charge in [-0.25, -0.2) is 0 Å². The van der Waals surface area contributed by atoms with E-state index in [4.69, 9.17) is 14.2 Å². The van der Waals surface area contributed by atoms with Crippen LogP contribution in [0, 0.1) is 0 Å². The van der Waals surface area contributed by atoms with Crippen molar-refractivity contribution in [2.24, 2.45) is 0 Å². The lowest BCUT2D eigenvalue weighted by Crippen LogP contribution is -2.30. The van der Waals surface area contributed by atoms with Crippen molar-refractivity contribution in [3.8, 4) is 0 Å². The molecule has 0 rings (SSSR count). The molecule has 0 spiro atoms. The van der Waals surface area contributed by atoms with Gasteiger partial charge < -0.3 is 14.2 Å². The number of carbonyl (C=O) groups excluding carboxylic acids is 3. The van der Waals surface area contributed by atoms with Gasteiger partial charge in [-0.1, -0.05) is 221 Å². The lowest BCUT2D eigenvalue weighted by Gasteiger charge is -2.18. The van der Waals surface area contributed by atoms with Crippen LogP contribution in [-0.4, -0.2) is 37.2 Å². The summed E-state index contributed by atoms with van der Waals surface area (Å²) in [7, 11) is 0. The Kier molecular flexibility index (Phi) is 49.4. The predicted molar refractivity (Wildman–Crippen MR) is 274 cm³/mol. The third kappa shape index (κ3) is 49.6. The Bertz CT molecular complexity index is 1250. The van der Waals surface area contributed by atoms with Crippen molar-refractivity contribution >= 4 is 17.9 Å². The minimum Gasteiger partial charge on any atom is -0.462 e. The van der Waals surface area contributed by atoms with E-state index in [1.807, 2.05) is 0 Å². The minimum absolute atomic E-state index is 0.0976. The Morgan fingerprint density at radius 2 is 0.609 bits per heavy atom. The van der Waals surface area contributed by atoms with Crippen LogP contribution in [0.1, 0.15) is 245 Å². The highest BCUT2D eigenvalue weighted by Gasteiger charge is 2.19. The molecule has 0 fully saturated rings. The van der Waals surface area contributed by atoms with Crippen LogP contribution >= 0.6 is 0 Å². The number of ether oxygens (including phenoxy) is 3. The molecule has 0 aliphatic carbocycles. The van der Waals surface area contributed by atoms with Crippen LogP contribution < -0.4 is 0 Å². The van der Waals surface area contributed by atoms with Gasteiger partial charge in [-0.2, -0.15) is 0 Å². The summed E-state index contributed by atoms with van der Waals surface area (Å²) in [6, 6.07) is 0. The fourth-order valence-corrected chi connectivity index (χ4v) is 7.21. The van der Waals surface area contributed by atoms with E-state index < -0.39 is 6.10 Å². The summed E-state index contributed by atoms with van der Waals surface area (Å²) < 4.78 is 16.8. The molecule has 0 aromatic carbocycles. The first-order valence-electron chi connectivity index (χ1n) is 26.6. The molecular weight excluding hydrogens is 793 g/mol. The molecule has 366 valence electrons. The van der Waals surface area contributed by atoms with Crippen LogP contribution in [-0.2, 0) is 28.6 Å². The molecule has 1 atom stereocenters. The zero-order valence-corrected chi connectivity index (χ0v) is 41.8. The van der Waals surface area contributed by atoms with Crippen molar-refractivity contribution in [3.63, 3.8) is 0 Å². The number of hydrogen-bond acceptors (Lipinski definition) is 6. The van der Waals surface area contributed by atoms with Gasteiger partial charge in [0.25, 0.3) is 0 Å². The predicted octanol–water partition coefficient (Wildman–Crippen LogP) is 17.6. The molecule has 0 heterocycles. The molecule has 0 saturated heterocycles. The molecule has 0 aliphatic rings. The summed E-state index contributed by atoms with van der Waals surface area (Å²) in [5.41, 5.74) is 0. The maximum atomic E-state index is 12.8. The molecule has 0 N–H and O–H groups in total. The first-order chi connectivity index (χ1) is 31.5. The molecule has 0 saturated carbocycles. The second kappa shape index (κ2) is 52.2. The van der Waals surface area contributed by atoms with Crippen molar-refractivity contribution < 1.29 is 28.6 Å². The Morgan fingerprint density at radius 3 is 0.969 bits per heavy atom. The Morgan fingerprint density at radius 1 is 0.328 bits per heavy atom. The molecule has 0 radical (unpaired) electrons. The van der Waals surface area contributed by atoms with E-state index >= 15 is 0 Å². The molecule has 1 unspecified atom stereocenters. The van der Waals surface area contributed by atoms with Gasteiger partial charge in [0, 0.05) is 19.3 Å². The number of esters is 3. The van der Waals surface area contributed by atoms with Crippen molar-refractivity contribution in [1.82, 2.24) is 0 Å². The zero-order valence-electron chi connectivity index (χ0n) is 41.8. The molecule has 64 heavy (non-hydrogen) atoms. The van der Waals surface area contributed by atoms with E-state index in [0.717, 1.165) is 122 Å². The highest BCUT2D eigenvalue weighted by atomic mass is 16.6. The molecular formula is C58H98O6. The highest BCUT2D eigenvalue weighted by Crippen LogP contribution is 2.15. The quantitative estimate of drug-likeness (QED) is 0.0262. The fourth-order valence-electron chi connectivity index (χ4n) is 7.21. The Hall–Kier alpha value is -3.41. The minimum atomic E-state index is -0.797. The van der Waals surface area contributed by atoms with E-state index in [1.54, 1.807) is 0 Å². The lowest BCUT2D eigenvalue weighted by atomic mass is 10.0. The van der Waals surface area contributed by atoms with E-state index in [0.29, 0.717) is 19.3 Å². The summed E-state index contributed by atoms with van der Waals surface area (Å²) in [4.78, 5) is 38.0. The summed E-state index contributed by atoms with van der Waals surface area (Å²) in [5.74, 6) is -0.945. The molecule has 0 aromatic heterocycles. The monoisotopic (exact) mass is 891 g/mol. The topological polar surface area (TPSA) is 78.9 Å². The summed E-state index contributed by atoms with van der Waals surface area (Å²) in [6.07, 6.45) is 67.1. The van der Waals surface area contributed by atoms with Crippen LogP contribution in [0.15, 0.2) is 85.1 Å². The third-order valence-corrected chi connectivity index (χ3v) is 11.1. The average Bonchev–Trinajstić information content (AvgIpc) is 3.29. The molecule has 0 bridgehead atoms. The van der Waals surface area contributed by atoms with Gasteiger partial charge in [-0.05, 0) is 89.9 Å². The maximum absolute atomic E-state index is 12.8. The molecule has 0 aliphatic heterocycles. The van der Waals surface area contributed by atoms with Crippen LogP contribution in [0.25, 0.3) is 0 Å². The number of unbranched alkanes of at least 4 members (excludes halogenated alkanes) is 22. The Balaban J connectivity index is 4.45. The van der Waals surface area contributed by atoms with Gasteiger partial charge in [0.2, 0.25) is 0 Å². The normalized spacial score (nSPS) is 12.7. The lowest BCUT2D eigenvalue weighted by molar-refractivity contribution is -0.167. The smallest absolute Gasteiger partial charge is 0.306 e. The molecule has 0 amide bonds. The maximum Gasteiger partial charge on any atom is 0.306 e. The fraction of sp³-hybridized carbons (Fsp3) is 0.707.